The fourth-order valence-electron chi connectivity index (χ4n) is 1.94. The molecule has 2 aromatic rings. The summed E-state index contributed by atoms with van der Waals surface area (Å²) >= 11 is 5.89. The molecule has 0 aromatic heterocycles. The van der Waals surface area contributed by atoms with Gasteiger partial charge in [0.15, 0.2) is 11.9 Å². The number of hydrogen-bond acceptors (Lipinski definition) is 3. The van der Waals surface area contributed by atoms with Crippen molar-refractivity contribution < 1.29 is 14.3 Å². The highest BCUT2D eigenvalue weighted by molar-refractivity contribution is 6.30. The lowest BCUT2D eigenvalue weighted by atomic mass is 10.1. The second-order valence-corrected chi connectivity index (χ2v) is 5.15. The minimum atomic E-state index is -0.533. The molecule has 2 rings (SSSR count). The van der Waals surface area contributed by atoms with E-state index in [4.69, 9.17) is 21.1 Å². The fraction of sp³-hybridized carbons (Fsp3) is 0.235. The monoisotopic (exact) mass is 304 g/mol. The summed E-state index contributed by atoms with van der Waals surface area (Å²) in [7, 11) is 1.60. The van der Waals surface area contributed by atoms with E-state index in [1.807, 2.05) is 24.3 Å². The summed E-state index contributed by atoms with van der Waals surface area (Å²) in [6, 6.07) is 14.5. The Hall–Kier alpha value is -2.00. The Balaban J connectivity index is 1.99. The van der Waals surface area contributed by atoms with E-state index < -0.39 is 6.10 Å². The zero-order valence-electron chi connectivity index (χ0n) is 12.0. The third-order valence-electron chi connectivity index (χ3n) is 3.07. The standard InChI is InChI=1S/C17H17ClO3/c1-12(21-16-8-4-6-14(18)11-16)17(19)10-13-5-3-7-15(9-13)20-2/h3-9,11-12H,10H2,1-2H3. The van der Waals surface area contributed by atoms with Gasteiger partial charge in [0, 0.05) is 11.4 Å². The molecule has 0 radical (unpaired) electrons. The van der Waals surface area contributed by atoms with E-state index in [1.54, 1.807) is 38.3 Å². The van der Waals surface area contributed by atoms with Crippen LogP contribution >= 0.6 is 11.6 Å². The highest BCUT2D eigenvalue weighted by Gasteiger charge is 2.15. The van der Waals surface area contributed by atoms with Gasteiger partial charge in [0.1, 0.15) is 11.5 Å². The average Bonchev–Trinajstić information content (AvgIpc) is 2.47. The fourth-order valence-corrected chi connectivity index (χ4v) is 2.12. The molecule has 0 heterocycles. The Labute approximate surface area is 129 Å². The van der Waals surface area contributed by atoms with Gasteiger partial charge in [-0.1, -0.05) is 29.8 Å². The molecule has 110 valence electrons. The molecule has 0 saturated carbocycles. The molecule has 0 fully saturated rings. The lowest BCUT2D eigenvalue weighted by molar-refractivity contribution is -0.124. The van der Waals surface area contributed by atoms with Gasteiger partial charge >= 0.3 is 0 Å². The third-order valence-corrected chi connectivity index (χ3v) is 3.31. The third kappa shape index (κ3) is 4.50. The van der Waals surface area contributed by atoms with E-state index in [9.17, 15) is 4.79 Å². The number of ether oxygens (including phenoxy) is 2. The van der Waals surface area contributed by atoms with Crippen LogP contribution in [-0.2, 0) is 11.2 Å². The molecule has 0 aliphatic heterocycles. The normalized spacial score (nSPS) is 11.8. The number of halogens is 1. The van der Waals surface area contributed by atoms with Gasteiger partial charge in [-0.3, -0.25) is 4.79 Å². The first-order chi connectivity index (χ1) is 10.1. The molecular weight excluding hydrogens is 288 g/mol. The molecule has 4 heteroatoms. The quantitative estimate of drug-likeness (QED) is 0.811. The number of carbonyl (C=O) groups excluding carboxylic acids is 1. The summed E-state index contributed by atoms with van der Waals surface area (Å²) in [4.78, 5) is 12.2. The minimum absolute atomic E-state index is 0.00299. The van der Waals surface area contributed by atoms with Crippen molar-refractivity contribution >= 4 is 17.4 Å². The van der Waals surface area contributed by atoms with Gasteiger partial charge in [0.2, 0.25) is 0 Å². The molecule has 0 spiro atoms. The molecule has 1 unspecified atom stereocenters. The molecule has 3 nitrogen and oxygen atoms in total. The van der Waals surface area contributed by atoms with Crippen LogP contribution in [0, 0.1) is 0 Å². The number of methoxy groups -OCH3 is 1. The summed E-state index contributed by atoms with van der Waals surface area (Å²) in [5.74, 6) is 1.33. The average molecular weight is 305 g/mol. The van der Waals surface area contributed by atoms with Gasteiger partial charge in [-0.05, 0) is 42.8 Å². The first-order valence-corrected chi connectivity index (χ1v) is 7.04. The van der Waals surface area contributed by atoms with Crippen LogP contribution in [0.3, 0.4) is 0 Å². The number of benzene rings is 2. The first-order valence-electron chi connectivity index (χ1n) is 6.66. The van der Waals surface area contributed by atoms with Crippen molar-refractivity contribution in [2.75, 3.05) is 7.11 Å². The molecule has 0 bridgehead atoms. The van der Waals surface area contributed by atoms with E-state index in [0.29, 0.717) is 17.2 Å². The zero-order chi connectivity index (χ0) is 15.2. The van der Waals surface area contributed by atoms with Crippen molar-refractivity contribution in [3.8, 4) is 11.5 Å². The first kappa shape index (κ1) is 15.4. The number of ketones is 1. The highest BCUT2D eigenvalue weighted by atomic mass is 35.5. The van der Waals surface area contributed by atoms with Gasteiger partial charge in [-0.25, -0.2) is 0 Å². The van der Waals surface area contributed by atoms with Crippen molar-refractivity contribution in [2.24, 2.45) is 0 Å². The maximum Gasteiger partial charge on any atom is 0.177 e. The van der Waals surface area contributed by atoms with Crippen LogP contribution in [0.15, 0.2) is 48.5 Å². The van der Waals surface area contributed by atoms with Gasteiger partial charge in [-0.15, -0.1) is 0 Å². The van der Waals surface area contributed by atoms with E-state index in [1.165, 1.54) is 0 Å². The lowest BCUT2D eigenvalue weighted by Gasteiger charge is -2.14. The Kier molecular flexibility index (Phi) is 5.23. The second-order valence-electron chi connectivity index (χ2n) is 4.71. The Morgan fingerprint density at radius 2 is 1.86 bits per heavy atom. The van der Waals surface area contributed by atoms with Crippen LogP contribution in [0.1, 0.15) is 12.5 Å². The van der Waals surface area contributed by atoms with Crippen LogP contribution in [0.2, 0.25) is 5.02 Å². The summed E-state index contributed by atoms with van der Waals surface area (Å²) in [6.07, 6.45) is -0.228. The second kappa shape index (κ2) is 7.14. The number of Topliss-reactive ketones (excluding diaryl/α,β-unsaturated/α-hetero) is 1. The predicted molar refractivity (Wildman–Crippen MR) is 83.2 cm³/mol. The Morgan fingerprint density at radius 1 is 1.14 bits per heavy atom. The molecule has 2 aromatic carbocycles. The van der Waals surface area contributed by atoms with E-state index in [2.05, 4.69) is 0 Å². The molecule has 1 atom stereocenters. The van der Waals surface area contributed by atoms with Crippen LogP contribution in [-0.4, -0.2) is 19.0 Å². The van der Waals surface area contributed by atoms with Crippen molar-refractivity contribution in [1.29, 1.82) is 0 Å². The minimum Gasteiger partial charge on any atom is -0.497 e. The molecule has 0 amide bonds. The molecule has 21 heavy (non-hydrogen) atoms. The van der Waals surface area contributed by atoms with E-state index >= 15 is 0 Å². The summed E-state index contributed by atoms with van der Waals surface area (Å²) < 4.78 is 10.8. The smallest absolute Gasteiger partial charge is 0.177 e. The van der Waals surface area contributed by atoms with Crippen LogP contribution in [0.5, 0.6) is 11.5 Å². The zero-order valence-corrected chi connectivity index (χ0v) is 12.8. The largest absolute Gasteiger partial charge is 0.497 e. The maximum atomic E-state index is 12.2. The topological polar surface area (TPSA) is 35.5 Å². The molecule has 0 saturated heterocycles. The Bertz CT molecular complexity index is 625. The van der Waals surface area contributed by atoms with Crippen LogP contribution in [0.25, 0.3) is 0 Å². The molecular formula is C17H17ClO3. The number of carbonyl (C=O) groups is 1. The predicted octanol–water partition coefficient (Wildman–Crippen LogP) is 3.93. The van der Waals surface area contributed by atoms with Crippen molar-refractivity contribution in [3.05, 3.63) is 59.1 Å². The Morgan fingerprint density at radius 3 is 2.57 bits per heavy atom. The highest BCUT2D eigenvalue weighted by Crippen LogP contribution is 2.19. The van der Waals surface area contributed by atoms with Crippen molar-refractivity contribution in [1.82, 2.24) is 0 Å². The van der Waals surface area contributed by atoms with Gasteiger partial charge in [0.25, 0.3) is 0 Å². The van der Waals surface area contributed by atoms with Gasteiger partial charge in [-0.2, -0.15) is 0 Å². The number of hydrogen-bond donors (Lipinski definition) is 0. The van der Waals surface area contributed by atoms with Gasteiger partial charge in [0.05, 0.1) is 7.11 Å². The van der Waals surface area contributed by atoms with Crippen molar-refractivity contribution in [3.63, 3.8) is 0 Å². The maximum absolute atomic E-state index is 12.2. The van der Waals surface area contributed by atoms with Crippen LogP contribution in [0.4, 0.5) is 0 Å². The van der Waals surface area contributed by atoms with Crippen LogP contribution < -0.4 is 9.47 Å². The van der Waals surface area contributed by atoms with Crippen molar-refractivity contribution in [2.45, 2.75) is 19.4 Å². The number of rotatable bonds is 6. The lowest BCUT2D eigenvalue weighted by Crippen LogP contribution is -2.25. The molecule has 0 aliphatic rings. The summed E-state index contributed by atoms with van der Waals surface area (Å²) in [5, 5.41) is 0.583. The molecule has 0 aliphatic carbocycles. The SMILES string of the molecule is COc1cccc(CC(=O)C(C)Oc2cccc(Cl)c2)c1. The van der Waals surface area contributed by atoms with E-state index in [0.717, 1.165) is 11.3 Å². The van der Waals surface area contributed by atoms with E-state index in [-0.39, 0.29) is 5.78 Å². The summed E-state index contributed by atoms with van der Waals surface area (Å²) in [5.41, 5.74) is 0.904. The summed E-state index contributed by atoms with van der Waals surface area (Å²) in [6.45, 7) is 1.74. The molecule has 0 N–H and O–H groups in total. The van der Waals surface area contributed by atoms with Gasteiger partial charge < -0.3 is 9.47 Å².